The van der Waals surface area contributed by atoms with Crippen LogP contribution in [0.15, 0.2) is 60.8 Å². The molecule has 0 aliphatic rings. The number of carbonyl (C=O) groups excluding carboxylic acids is 1. The number of allylic oxidation sites excluding steroid dienone is 10. The third kappa shape index (κ3) is 53.2. The number of carbonyl (C=O) groups is 1. The Bertz CT molecular complexity index is 1200. The summed E-state index contributed by atoms with van der Waals surface area (Å²) in [4.78, 5) is 22.7. The standard InChI is InChI=1S/C57H106NO7P/c1-3-5-7-9-11-13-15-17-19-21-23-25-27-29-31-33-35-37-39-41-43-45-47-49-52-62-54-56(55-64-66(60,61)63-53-51-58)65-57(59)50-48-46-44-42-40-38-36-34-32-30-28-26-24-22-20-18-16-14-12-10-8-6-4-2/h6,8,12,14,18,20-21,23-24,26,56H,3-5,7,9-11,13,15-17,19,22,25,27-55,58H2,1-2H3,(H,60,61)/b8-6-,14-12-,20-18-,23-21-,26-24-. The van der Waals surface area contributed by atoms with E-state index in [-0.39, 0.29) is 32.3 Å². The van der Waals surface area contributed by atoms with Crippen molar-refractivity contribution in [3.05, 3.63) is 60.8 Å². The zero-order valence-electron chi connectivity index (χ0n) is 43.2. The Morgan fingerprint density at radius 1 is 0.470 bits per heavy atom. The minimum atomic E-state index is -4.29. The Kier molecular flexibility index (Phi) is 52.7. The highest BCUT2D eigenvalue weighted by Crippen LogP contribution is 2.43. The van der Waals surface area contributed by atoms with Crippen molar-refractivity contribution in [2.45, 2.75) is 264 Å². The van der Waals surface area contributed by atoms with Crippen LogP contribution in [0.3, 0.4) is 0 Å². The van der Waals surface area contributed by atoms with Crippen LogP contribution in [0.25, 0.3) is 0 Å². The van der Waals surface area contributed by atoms with Crippen LogP contribution in [0.5, 0.6) is 0 Å². The highest BCUT2D eigenvalue weighted by Gasteiger charge is 2.25. The summed E-state index contributed by atoms with van der Waals surface area (Å²) in [6.07, 6.45) is 68.4. The Balaban J connectivity index is 3.90. The van der Waals surface area contributed by atoms with Crippen LogP contribution in [-0.2, 0) is 27.9 Å². The van der Waals surface area contributed by atoms with E-state index in [2.05, 4.69) is 74.6 Å². The normalized spacial score (nSPS) is 13.7. The monoisotopic (exact) mass is 948 g/mol. The third-order valence-corrected chi connectivity index (χ3v) is 12.9. The molecule has 0 heterocycles. The largest absolute Gasteiger partial charge is 0.472 e. The van der Waals surface area contributed by atoms with Gasteiger partial charge in [-0.1, -0.05) is 235 Å². The lowest BCUT2D eigenvalue weighted by atomic mass is 10.0. The smallest absolute Gasteiger partial charge is 0.457 e. The van der Waals surface area contributed by atoms with Gasteiger partial charge in [0.05, 0.1) is 19.8 Å². The second kappa shape index (κ2) is 54.1. The molecule has 0 bridgehead atoms. The molecule has 0 saturated heterocycles. The highest BCUT2D eigenvalue weighted by atomic mass is 31.2. The minimum Gasteiger partial charge on any atom is -0.457 e. The highest BCUT2D eigenvalue weighted by molar-refractivity contribution is 7.47. The maximum absolute atomic E-state index is 12.7. The summed E-state index contributed by atoms with van der Waals surface area (Å²) in [7, 11) is -4.29. The van der Waals surface area contributed by atoms with E-state index >= 15 is 0 Å². The molecule has 66 heavy (non-hydrogen) atoms. The predicted octanol–water partition coefficient (Wildman–Crippen LogP) is 17.7. The van der Waals surface area contributed by atoms with Gasteiger partial charge in [0.25, 0.3) is 0 Å². The molecule has 2 atom stereocenters. The summed E-state index contributed by atoms with van der Waals surface area (Å²) in [6, 6.07) is 0. The number of ether oxygens (including phenoxy) is 2. The Morgan fingerprint density at radius 3 is 1.29 bits per heavy atom. The molecule has 0 amide bonds. The number of phosphoric ester groups is 1. The van der Waals surface area contributed by atoms with Crippen molar-refractivity contribution in [2.75, 3.05) is 33.0 Å². The number of nitrogens with two attached hydrogens (primary N) is 1. The number of esters is 1. The van der Waals surface area contributed by atoms with Gasteiger partial charge in [-0.15, -0.1) is 0 Å². The van der Waals surface area contributed by atoms with Crippen molar-refractivity contribution in [1.29, 1.82) is 0 Å². The number of phosphoric acid groups is 1. The van der Waals surface area contributed by atoms with Crippen molar-refractivity contribution in [2.24, 2.45) is 5.73 Å². The first-order valence-electron chi connectivity index (χ1n) is 27.8. The molecule has 2 unspecified atom stereocenters. The van der Waals surface area contributed by atoms with E-state index in [9.17, 15) is 14.3 Å². The van der Waals surface area contributed by atoms with Gasteiger partial charge in [-0.3, -0.25) is 13.8 Å². The lowest BCUT2D eigenvalue weighted by Gasteiger charge is -2.20. The number of rotatable bonds is 53. The Morgan fingerprint density at radius 2 is 0.848 bits per heavy atom. The summed E-state index contributed by atoms with van der Waals surface area (Å²) >= 11 is 0. The van der Waals surface area contributed by atoms with Crippen molar-refractivity contribution >= 4 is 13.8 Å². The molecule has 9 heteroatoms. The summed E-state index contributed by atoms with van der Waals surface area (Å²) in [5, 5.41) is 0. The average Bonchev–Trinajstić information content (AvgIpc) is 3.31. The maximum atomic E-state index is 12.7. The van der Waals surface area contributed by atoms with Gasteiger partial charge in [-0.25, -0.2) is 4.57 Å². The topological polar surface area (TPSA) is 117 Å². The molecular weight excluding hydrogens is 842 g/mol. The van der Waals surface area contributed by atoms with Crippen LogP contribution < -0.4 is 5.73 Å². The first-order valence-corrected chi connectivity index (χ1v) is 29.3. The third-order valence-electron chi connectivity index (χ3n) is 11.9. The summed E-state index contributed by atoms with van der Waals surface area (Å²) in [5.74, 6) is -0.333. The van der Waals surface area contributed by atoms with E-state index in [1.165, 1.54) is 180 Å². The molecular formula is C57H106NO7P. The number of hydrogen-bond donors (Lipinski definition) is 2. The van der Waals surface area contributed by atoms with Crippen molar-refractivity contribution in [3.63, 3.8) is 0 Å². The maximum Gasteiger partial charge on any atom is 0.472 e. The summed E-state index contributed by atoms with van der Waals surface area (Å²) in [5.41, 5.74) is 5.40. The van der Waals surface area contributed by atoms with Crippen LogP contribution >= 0.6 is 7.82 Å². The fourth-order valence-corrected chi connectivity index (χ4v) is 8.63. The van der Waals surface area contributed by atoms with E-state index in [1.54, 1.807) is 0 Å². The van der Waals surface area contributed by atoms with Crippen LogP contribution in [0.1, 0.15) is 258 Å². The van der Waals surface area contributed by atoms with Crippen LogP contribution in [-0.4, -0.2) is 49.9 Å². The molecule has 0 rings (SSSR count). The van der Waals surface area contributed by atoms with E-state index in [4.69, 9.17) is 24.3 Å². The van der Waals surface area contributed by atoms with Crippen molar-refractivity contribution < 1.29 is 32.8 Å². The van der Waals surface area contributed by atoms with Gasteiger partial charge in [-0.05, 0) is 77.0 Å². The molecule has 0 aliphatic carbocycles. The van der Waals surface area contributed by atoms with Gasteiger partial charge in [0.15, 0.2) is 0 Å². The molecule has 3 N–H and O–H groups in total. The first kappa shape index (κ1) is 64.2. The van der Waals surface area contributed by atoms with Gasteiger partial charge >= 0.3 is 13.8 Å². The van der Waals surface area contributed by atoms with Gasteiger partial charge in [0.1, 0.15) is 6.10 Å². The van der Waals surface area contributed by atoms with Crippen LogP contribution in [0, 0.1) is 0 Å². The molecule has 8 nitrogen and oxygen atoms in total. The SMILES string of the molecule is CC/C=C\C/C=C\C/C=C\C/C=C\CCCCCCCCCCCCC(=O)OC(COCCCCCCCCCCCCCC/C=C\CCCCCCCCCC)COP(=O)(O)OCCN. The van der Waals surface area contributed by atoms with Gasteiger partial charge in [0.2, 0.25) is 0 Å². The van der Waals surface area contributed by atoms with E-state index in [0.29, 0.717) is 13.0 Å². The zero-order chi connectivity index (χ0) is 48.0. The number of hydrogen-bond acceptors (Lipinski definition) is 7. The molecule has 0 saturated carbocycles. The van der Waals surface area contributed by atoms with Crippen LogP contribution in [0.4, 0.5) is 0 Å². The minimum absolute atomic E-state index is 0.0975. The molecule has 0 fully saturated rings. The second-order valence-electron chi connectivity index (χ2n) is 18.4. The number of unbranched alkanes of at least 4 members (excludes halogenated alkanes) is 30. The Labute approximate surface area is 408 Å². The molecule has 386 valence electrons. The fourth-order valence-electron chi connectivity index (χ4n) is 7.87. The molecule has 0 spiro atoms. The second-order valence-corrected chi connectivity index (χ2v) is 19.9. The molecule has 0 aliphatic heterocycles. The fraction of sp³-hybridized carbons (Fsp3) is 0.807. The van der Waals surface area contributed by atoms with Crippen LogP contribution in [0.2, 0.25) is 0 Å². The van der Waals surface area contributed by atoms with Crippen molar-refractivity contribution in [3.8, 4) is 0 Å². The van der Waals surface area contributed by atoms with Crippen molar-refractivity contribution in [1.82, 2.24) is 0 Å². The predicted molar refractivity (Wildman–Crippen MR) is 284 cm³/mol. The summed E-state index contributed by atoms with van der Waals surface area (Å²) in [6.45, 7) is 4.84. The molecule has 0 aromatic heterocycles. The van der Waals surface area contributed by atoms with E-state index in [0.717, 1.165) is 57.8 Å². The first-order chi connectivity index (χ1) is 32.4. The van der Waals surface area contributed by atoms with Gasteiger partial charge in [0, 0.05) is 19.6 Å². The molecule has 0 aromatic rings. The van der Waals surface area contributed by atoms with Gasteiger partial charge < -0.3 is 20.1 Å². The van der Waals surface area contributed by atoms with E-state index in [1.807, 2.05) is 0 Å². The van der Waals surface area contributed by atoms with E-state index < -0.39 is 13.9 Å². The average molecular weight is 948 g/mol. The molecule has 0 aromatic carbocycles. The summed E-state index contributed by atoms with van der Waals surface area (Å²) < 4.78 is 33.7. The lowest BCUT2D eigenvalue weighted by Crippen LogP contribution is -2.28. The molecule has 0 radical (unpaired) electrons. The quantitative estimate of drug-likeness (QED) is 0.0268. The Hall–Kier alpha value is -1.80. The lowest BCUT2D eigenvalue weighted by molar-refractivity contribution is -0.154. The zero-order valence-corrected chi connectivity index (χ0v) is 44.1. The van der Waals surface area contributed by atoms with Gasteiger partial charge in [-0.2, -0.15) is 0 Å².